The molecule has 0 spiro atoms. The molecule has 2 atom stereocenters. The Bertz CT molecular complexity index is 551. The van der Waals surface area contributed by atoms with Crippen molar-refractivity contribution in [3.63, 3.8) is 0 Å². The van der Waals surface area contributed by atoms with E-state index >= 15 is 0 Å². The van der Waals surface area contributed by atoms with Crippen molar-refractivity contribution >= 4 is 23.5 Å². The molecule has 0 aromatic heterocycles. The summed E-state index contributed by atoms with van der Waals surface area (Å²) < 4.78 is 13.7. The number of carbonyl (C=O) groups is 2. The van der Waals surface area contributed by atoms with E-state index in [9.17, 15) is 19.1 Å². The second kappa shape index (κ2) is 5.76. The molecule has 1 saturated heterocycles. The number of halogens is 2. The maximum Gasteiger partial charge on any atom is 0.309 e. The standard InChI is InChI=1S/C13H13ClFNO4/c14-7-1-2-8(10(15)5-7)12(18)16-4-3-9(13(19)20)11(17)6-16/h1-2,5,9,11,17H,3-4,6H2,(H,19,20)/t9-,11+/m0/s1. The fraction of sp³-hybridized carbons (Fsp3) is 0.385. The molecule has 0 bridgehead atoms. The van der Waals surface area contributed by atoms with Crippen molar-refractivity contribution in [2.24, 2.45) is 5.92 Å². The Balaban J connectivity index is 2.13. The van der Waals surface area contributed by atoms with Crippen molar-refractivity contribution in [2.75, 3.05) is 13.1 Å². The van der Waals surface area contributed by atoms with Crippen molar-refractivity contribution in [1.29, 1.82) is 0 Å². The summed E-state index contributed by atoms with van der Waals surface area (Å²) in [7, 11) is 0. The fourth-order valence-electron chi connectivity index (χ4n) is 2.24. The topological polar surface area (TPSA) is 77.8 Å². The molecule has 1 amide bonds. The molecule has 2 rings (SSSR count). The van der Waals surface area contributed by atoms with Crippen LogP contribution < -0.4 is 0 Å². The molecular formula is C13H13ClFNO4. The molecular weight excluding hydrogens is 289 g/mol. The number of likely N-dealkylation sites (tertiary alicyclic amines) is 1. The van der Waals surface area contributed by atoms with Gasteiger partial charge in [0.2, 0.25) is 0 Å². The molecule has 5 nitrogen and oxygen atoms in total. The zero-order valence-electron chi connectivity index (χ0n) is 10.4. The molecule has 0 saturated carbocycles. The van der Waals surface area contributed by atoms with Gasteiger partial charge in [-0.3, -0.25) is 9.59 Å². The molecule has 7 heteroatoms. The Hall–Kier alpha value is -1.66. The molecule has 2 N–H and O–H groups in total. The molecule has 1 aromatic rings. The summed E-state index contributed by atoms with van der Waals surface area (Å²) in [4.78, 5) is 24.2. The zero-order valence-corrected chi connectivity index (χ0v) is 11.2. The highest BCUT2D eigenvalue weighted by atomic mass is 35.5. The minimum Gasteiger partial charge on any atom is -0.481 e. The van der Waals surface area contributed by atoms with Crippen LogP contribution in [0.3, 0.4) is 0 Å². The Kier molecular flexibility index (Phi) is 4.25. The van der Waals surface area contributed by atoms with E-state index in [1.807, 2.05) is 0 Å². The number of hydrogen-bond acceptors (Lipinski definition) is 3. The molecule has 0 unspecified atom stereocenters. The number of β-amino-alcohol motifs (C(OH)–C–C–N with tert-alkyl or cyclic N) is 1. The Morgan fingerprint density at radius 1 is 1.40 bits per heavy atom. The van der Waals surface area contributed by atoms with Crippen molar-refractivity contribution in [2.45, 2.75) is 12.5 Å². The number of carbonyl (C=O) groups excluding carboxylic acids is 1. The summed E-state index contributed by atoms with van der Waals surface area (Å²) in [5, 5.41) is 18.8. The third kappa shape index (κ3) is 2.91. The number of aliphatic hydroxyl groups is 1. The molecule has 1 aromatic carbocycles. The van der Waals surface area contributed by atoms with Gasteiger partial charge in [-0.25, -0.2) is 4.39 Å². The fourth-order valence-corrected chi connectivity index (χ4v) is 2.40. The van der Waals surface area contributed by atoms with Gasteiger partial charge in [-0.05, 0) is 24.6 Å². The van der Waals surface area contributed by atoms with Gasteiger partial charge in [-0.1, -0.05) is 11.6 Å². The van der Waals surface area contributed by atoms with Crippen LogP contribution in [-0.4, -0.2) is 46.2 Å². The number of carboxylic acids is 1. The van der Waals surface area contributed by atoms with Crippen LogP contribution in [0.15, 0.2) is 18.2 Å². The third-order valence-corrected chi connectivity index (χ3v) is 3.58. The van der Waals surface area contributed by atoms with Crippen LogP contribution in [0.5, 0.6) is 0 Å². The van der Waals surface area contributed by atoms with Crippen LogP contribution >= 0.6 is 11.6 Å². The Morgan fingerprint density at radius 2 is 2.10 bits per heavy atom. The molecule has 0 aliphatic carbocycles. The summed E-state index contributed by atoms with van der Waals surface area (Å²) in [5.41, 5.74) is -0.143. The quantitative estimate of drug-likeness (QED) is 0.865. The van der Waals surface area contributed by atoms with E-state index in [0.29, 0.717) is 0 Å². The molecule has 1 fully saturated rings. The van der Waals surface area contributed by atoms with Crippen LogP contribution in [0.25, 0.3) is 0 Å². The van der Waals surface area contributed by atoms with Gasteiger partial charge in [0.1, 0.15) is 5.82 Å². The first-order valence-corrected chi connectivity index (χ1v) is 6.43. The first-order valence-electron chi connectivity index (χ1n) is 6.05. The number of carboxylic acid groups (broad SMARTS) is 1. The number of nitrogens with zero attached hydrogens (tertiary/aromatic N) is 1. The molecule has 1 aliphatic rings. The smallest absolute Gasteiger partial charge is 0.309 e. The zero-order chi connectivity index (χ0) is 14.9. The Morgan fingerprint density at radius 3 is 2.65 bits per heavy atom. The minimum atomic E-state index is -1.15. The second-order valence-electron chi connectivity index (χ2n) is 4.68. The SMILES string of the molecule is O=C(O)[C@H]1CCN(C(=O)c2ccc(Cl)cc2F)C[C@H]1O. The number of rotatable bonds is 2. The third-order valence-electron chi connectivity index (χ3n) is 3.35. The van der Waals surface area contributed by atoms with Gasteiger partial charge in [-0.2, -0.15) is 0 Å². The van der Waals surface area contributed by atoms with E-state index in [2.05, 4.69) is 0 Å². The van der Waals surface area contributed by atoms with E-state index in [1.165, 1.54) is 17.0 Å². The second-order valence-corrected chi connectivity index (χ2v) is 5.11. The summed E-state index contributed by atoms with van der Waals surface area (Å²) >= 11 is 5.61. The van der Waals surface area contributed by atoms with Gasteiger partial charge < -0.3 is 15.1 Å². The van der Waals surface area contributed by atoms with Gasteiger partial charge in [0.25, 0.3) is 5.91 Å². The summed E-state index contributed by atoms with van der Waals surface area (Å²) in [5.74, 6) is -3.31. The lowest BCUT2D eigenvalue weighted by molar-refractivity contribution is -0.148. The number of amides is 1. The van der Waals surface area contributed by atoms with Crippen LogP contribution in [0.2, 0.25) is 5.02 Å². The normalized spacial score (nSPS) is 22.6. The van der Waals surface area contributed by atoms with Crippen LogP contribution in [0.4, 0.5) is 4.39 Å². The van der Waals surface area contributed by atoms with Crippen molar-refractivity contribution < 1.29 is 24.2 Å². The van der Waals surface area contributed by atoms with E-state index < -0.39 is 29.7 Å². The first kappa shape index (κ1) is 14.7. The van der Waals surface area contributed by atoms with Gasteiger partial charge >= 0.3 is 5.97 Å². The molecule has 0 radical (unpaired) electrons. The maximum absolute atomic E-state index is 13.7. The minimum absolute atomic E-state index is 0.127. The lowest BCUT2D eigenvalue weighted by Gasteiger charge is -2.34. The predicted molar refractivity (Wildman–Crippen MR) is 69.1 cm³/mol. The number of piperidine rings is 1. The molecule has 20 heavy (non-hydrogen) atoms. The van der Waals surface area contributed by atoms with Gasteiger partial charge in [0.05, 0.1) is 17.6 Å². The molecule has 108 valence electrons. The van der Waals surface area contributed by atoms with E-state index in [0.717, 1.165) is 6.07 Å². The number of aliphatic hydroxyl groups excluding tert-OH is 1. The lowest BCUT2D eigenvalue weighted by Crippen LogP contribution is -2.48. The maximum atomic E-state index is 13.7. The average Bonchev–Trinajstić information content (AvgIpc) is 2.37. The monoisotopic (exact) mass is 301 g/mol. The molecule has 1 aliphatic heterocycles. The highest BCUT2D eigenvalue weighted by Gasteiger charge is 2.35. The van der Waals surface area contributed by atoms with Crippen LogP contribution in [-0.2, 0) is 4.79 Å². The largest absolute Gasteiger partial charge is 0.481 e. The highest BCUT2D eigenvalue weighted by molar-refractivity contribution is 6.30. The number of benzene rings is 1. The number of hydrogen-bond donors (Lipinski definition) is 2. The summed E-state index contributed by atoms with van der Waals surface area (Å²) in [6.07, 6.45) is -1.02. The van der Waals surface area contributed by atoms with Gasteiger partial charge in [-0.15, -0.1) is 0 Å². The highest BCUT2D eigenvalue weighted by Crippen LogP contribution is 2.22. The average molecular weight is 302 g/mol. The van der Waals surface area contributed by atoms with Crippen LogP contribution in [0, 0.1) is 11.7 Å². The van der Waals surface area contributed by atoms with Crippen molar-refractivity contribution in [1.82, 2.24) is 4.90 Å². The van der Waals surface area contributed by atoms with E-state index in [-0.39, 0.29) is 30.1 Å². The lowest BCUT2D eigenvalue weighted by atomic mass is 9.93. The van der Waals surface area contributed by atoms with Crippen molar-refractivity contribution in [3.8, 4) is 0 Å². The predicted octanol–water partition coefficient (Wildman–Crippen LogP) is 1.39. The summed E-state index contributed by atoms with van der Waals surface area (Å²) in [6.45, 7) is 0.0345. The first-order chi connectivity index (χ1) is 9.40. The summed E-state index contributed by atoms with van der Waals surface area (Å²) in [6, 6.07) is 3.71. The van der Waals surface area contributed by atoms with Gasteiger partial charge in [0.15, 0.2) is 0 Å². The van der Waals surface area contributed by atoms with Crippen LogP contribution in [0.1, 0.15) is 16.8 Å². The molecule has 1 heterocycles. The van der Waals surface area contributed by atoms with Crippen molar-refractivity contribution in [3.05, 3.63) is 34.6 Å². The van der Waals surface area contributed by atoms with E-state index in [1.54, 1.807) is 0 Å². The number of aliphatic carboxylic acids is 1. The van der Waals surface area contributed by atoms with E-state index in [4.69, 9.17) is 16.7 Å². The Labute approximate surface area is 119 Å². The van der Waals surface area contributed by atoms with Gasteiger partial charge in [0, 0.05) is 18.1 Å².